The average Bonchev–Trinajstić information content (AvgIpc) is 2.88. The van der Waals surface area contributed by atoms with Crippen LogP contribution in [0, 0.1) is 0 Å². The highest BCUT2D eigenvalue weighted by Crippen LogP contribution is 2.40. The Labute approximate surface area is 124 Å². The molecule has 2 heterocycles. The molecule has 1 saturated heterocycles. The molecular weight excluding hydrogens is 276 g/mol. The van der Waals surface area contributed by atoms with Gasteiger partial charge in [0.1, 0.15) is 0 Å². The van der Waals surface area contributed by atoms with Crippen LogP contribution < -0.4 is 15.2 Å². The molecule has 2 atom stereocenters. The van der Waals surface area contributed by atoms with Gasteiger partial charge in [0.05, 0.1) is 5.02 Å². The predicted molar refractivity (Wildman–Crippen MR) is 79.3 cm³/mol. The molecule has 2 aliphatic heterocycles. The Morgan fingerprint density at radius 1 is 1.40 bits per heavy atom. The Balaban J connectivity index is 1.78. The molecule has 0 saturated carbocycles. The lowest BCUT2D eigenvalue weighted by atomic mass is 9.96. The molecule has 1 aromatic rings. The van der Waals surface area contributed by atoms with Crippen molar-refractivity contribution in [1.29, 1.82) is 0 Å². The van der Waals surface area contributed by atoms with Crippen LogP contribution in [0.15, 0.2) is 12.1 Å². The molecule has 2 N–H and O–H groups in total. The highest BCUT2D eigenvalue weighted by Gasteiger charge is 2.26. The molecule has 1 aromatic carbocycles. The third-order valence-electron chi connectivity index (χ3n) is 4.14. The van der Waals surface area contributed by atoms with Gasteiger partial charge in [-0.2, -0.15) is 0 Å². The van der Waals surface area contributed by atoms with Crippen molar-refractivity contribution in [2.24, 2.45) is 5.73 Å². The summed E-state index contributed by atoms with van der Waals surface area (Å²) in [7, 11) is 0. The highest BCUT2D eigenvalue weighted by molar-refractivity contribution is 6.32. The minimum Gasteiger partial charge on any atom is -0.454 e. The van der Waals surface area contributed by atoms with E-state index in [9.17, 15) is 0 Å². The molecular formula is C15H21ClN2O2. The van der Waals surface area contributed by atoms with Crippen LogP contribution in [0.2, 0.25) is 5.02 Å². The molecule has 4 nitrogen and oxygen atoms in total. The summed E-state index contributed by atoms with van der Waals surface area (Å²) in [6.45, 7) is 4.31. The molecule has 0 amide bonds. The van der Waals surface area contributed by atoms with Crippen molar-refractivity contribution in [3.05, 3.63) is 22.7 Å². The molecule has 0 aromatic heterocycles. The largest absolute Gasteiger partial charge is 0.454 e. The van der Waals surface area contributed by atoms with Gasteiger partial charge >= 0.3 is 0 Å². The van der Waals surface area contributed by atoms with E-state index in [1.807, 2.05) is 12.1 Å². The first-order valence-corrected chi connectivity index (χ1v) is 7.60. The van der Waals surface area contributed by atoms with Crippen LogP contribution in [0.1, 0.15) is 31.7 Å². The molecule has 110 valence electrons. The Hall–Kier alpha value is -0.970. The van der Waals surface area contributed by atoms with Crippen LogP contribution in [0.4, 0.5) is 0 Å². The van der Waals surface area contributed by atoms with E-state index in [4.69, 9.17) is 26.8 Å². The highest BCUT2D eigenvalue weighted by atomic mass is 35.5. The van der Waals surface area contributed by atoms with Gasteiger partial charge in [0, 0.05) is 18.6 Å². The number of nitrogens with two attached hydrogens (primary N) is 1. The lowest BCUT2D eigenvalue weighted by molar-refractivity contribution is 0.123. The zero-order valence-electron chi connectivity index (χ0n) is 11.8. The van der Waals surface area contributed by atoms with E-state index in [2.05, 4.69) is 11.8 Å². The summed E-state index contributed by atoms with van der Waals surface area (Å²) >= 11 is 6.24. The van der Waals surface area contributed by atoms with Gasteiger partial charge in [0.25, 0.3) is 0 Å². The predicted octanol–water partition coefficient (Wildman–Crippen LogP) is 2.77. The van der Waals surface area contributed by atoms with Gasteiger partial charge in [-0.15, -0.1) is 0 Å². The number of fused-ring (bicyclic) bond motifs is 1. The van der Waals surface area contributed by atoms with Gasteiger partial charge in [-0.3, -0.25) is 4.90 Å². The van der Waals surface area contributed by atoms with Crippen LogP contribution in [0.3, 0.4) is 0 Å². The van der Waals surface area contributed by atoms with E-state index < -0.39 is 0 Å². The molecule has 5 heteroatoms. The molecule has 0 bridgehead atoms. The van der Waals surface area contributed by atoms with Gasteiger partial charge in [-0.05, 0) is 44.0 Å². The Morgan fingerprint density at radius 3 is 3.05 bits per heavy atom. The zero-order valence-corrected chi connectivity index (χ0v) is 12.5. The number of hydrogen-bond acceptors (Lipinski definition) is 4. The molecule has 0 radical (unpaired) electrons. The van der Waals surface area contributed by atoms with Crippen molar-refractivity contribution in [2.45, 2.75) is 44.8 Å². The third-order valence-corrected chi connectivity index (χ3v) is 4.42. The van der Waals surface area contributed by atoms with Crippen molar-refractivity contribution >= 4 is 11.6 Å². The first-order chi connectivity index (χ1) is 9.65. The van der Waals surface area contributed by atoms with Gasteiger partial charge < -0.3 is 15.2 Å². The maximum atomic E-state index is 6.24. The number of likely N-dealkylation sites (tertiary alicyclic amines) is 1. The van der Waals surface area contributed by atoms with E-state index in [0.29, 0.717) is 16.8 Å². The maximum absolute atomic E-state index is 6.24. The molecule has 0 spiro atoms. The summed E-state index contributed by atoms with van der Waals surface area (Å²) in [5.74, 6) is 1.42. The summed E-state index contributed by atoms with van der Waals surface area (Å²) < 4.78 is 10.8. The second-order valence-electron chi connectivity index (χ2n) is 5.70. The third kappa shape index (κ3) is 2.73. The number of rotatable bonds is 3. The van der Waals surface area contributed by atoms with Gasteiger partial charge in [0.2, 0.25) is 6.79 Å². The van der Waals surface area contributed by atoms with Crippen LogP contribution in [-0.4, -0.2) is 30.3 Å². The number of hydrogen-bond donors (Lipinski definition) is 1. The molecule has 2 unspecified atom stereocenters. The lowest BCUT2D eigenvalue weighted by Crippen LogP contribution is -2.48. The quantitative estimate of drug-likeness (QED) is 0.932. The van der Waals surface area contributed by atoms with Crippen molar-refractivity contribution in [3.63, 3.8) is 0 Å². The van der Waals surface area contributed by atoms with Gasteiger partial charge in [-0.25, -0.2) is 0 Å². The Bertz CT molecular complexity index is 493. The first kappa shape index (κ1) is 14.0. The second kappa shape index (κ2) is 5.80. The number of nitrogens with zero attached hydrogens (tertiary/aromatic N) is 1. The molecule has 1 fully saturated rings. The summed E-state index contributed by atoms with van der Waals surface area (Å²) in [4.78, 5) is 2.46. The van der Waals surface area contributed by atoms with Crippen LogP contribution in [0.5, 0.6) is 11.5 Å². The summed E-state index contributed by atoms with van der Waals surface area (Å²) in [5, 5.41) is 0.629. The van der Waals surface area contributed by atoms with Crippen molar-refractivity contribution in [1.82, 2.24) is 4.90 Å². The lowest BCUT2D eigenvalue weighted by Gasteiger charge is -2.38. The monoisotopic (exact) mass is 296 g/mol. The van der Waals surface area contributed by atoms with Gasteiger partial charge in [-0.1, -0.05) is 18.0 Å². The normalized spacial score (nSPS) is 23.9. The Kier molecular flexibility index (Phi) is 4.06. The average molecular weight is 297 g/mol. The topological polar surface area (TPSA) is 47.7 Å². The van der Waals surface area contributed by atoms with Crippen LogP contribution in [-0.2, 0) is 6.54 Å². The molecule has 2 aliphatic rings. The fourth-order valence-corrected chi connectivity index (χ4v) is 3.44. The number of ether oxygens (including phenoxy) is 2. The van der Waals surface area contributed by atoms with Crippen LogP contribution >= 0.6 is 11.6 Å². The number of halogens is 1. The Morgan fingerprint density at radius 2 is 2.25 bits per heavy atom. The maximum Gasteiger partial charge on any atom is 0.231 e. The first-order valence-electron chi connectivity index (χ1n) is 7.23. The number of benzene rings is 1. The smallest absolute Gasteiger partial charge is 0.231 e. The van der Waals surface area contributed by atoms with E-state index in [1.165, 1.54) is 19.3 Å². The standard InChI is InChI=1S/C15H21ClN2O2/c1-10(17)13-4-2-3-5-18(13)8-11-6-12(16)15-14(7-11)19-9-20-15/h6-7,10,13H,2-5,8-9,17H2,1H3. The van der Waals surface area contributed by atoms with E-state index in [0.717, 1.165) is 24.4 Å². The summed E-state index contributed by atoms with van der Waals surface area (Å²) in [5.41, 5.74) is 7.28. The molecule has 0 aliphatic carbocycles. The zero-order chi connectivity index (χ0) is 14.1. The number of piperidine rings is 1. The van der Waals surface area contributed by atoms with Crippen LogP contribution in [0.25, 0.3) is 0 Å². The minimum absolute atomic E-state index is 0.194. The van der Waals surface area contributed by atoms with Crippen molar-refractivity contribution in [3.8, 4) is 11.5 Å². The summed E-state index contributed by atoms with van der Waals surface area (Å²) in [6.07, 6.45) is 3.68. The van der Waals surface area contributed by atoms with E-state index >= 15 is 0 Å². The second-order valence-corrected chi connectivity index (χ2v) is 6.11. The minimum atomic E-state index is 0.194. The molecule has 3 rings (SSSR count). The summed E-state index contributed by atoms with van der Waals surface area (Å²) in [6, 6.07) is 4.65. The SMILES string of the molecule is CC(N)C1CCCCN1Cc1cc(Cl)c2c(c1)OCO2. The van der Waals surface area contributed by atoms with E-state index in [-0.39, 0.29) is 12.8 Å². The van der Waals surface area contributed by atoms with Crippen molar-refractivity contribution in [2.75, 3.05) is 13.3 Å². The van der Waals surface area contributed by atoms with E-state index in [1.54, 1.807) is 0 Å². The fraction of sp³-hybridized carbons (Fsp3) is 0.600. The molecule has 20 heavy (non-hydrogen) atoms. The van der Waals surface area contributed by atoms with Gasteiger partial charge in [0.15, 0.2) is 11.5 Å². The fourth-order valence-electron chi connectivity index (χ4n) is 3.16. The van der Waals surface area contributed by atoms with Crippen molar-refractivity contribution < 1.29 is 9.47 Å².